The lowest BCUT2D eigenvalue weighted by Crippen LogP contribution is -2.30. The number of rotatable bonds is 6. The van der Waals surface area contributed by atoms with Gasteiger partial charge in [-0.3, -0.25) is 4.79 Å². The Labute approximate surface area is 118 Å². The molecule has 1 amide bonds. The summed E-state index contributed by atoms with van der Waals surface area (Å²) in [6, 6.07) is 5.28. The van der Waals surface area contributed by atoms with E-state index in [-0.39, 0.29) is 24.9 Å². The summed E-state index contributed by atoms with van der Waals surface area (Å²) in [5.74, 6) is 0.524. The third kappa shape index (κ3) is 6.10. The number of halogens is 2. The first-order chi connectivity index (χ1) is 8.13. The molecule has 102 valence electrons. The van der Waals surface area contributed by atoms with Crippen LogP contribution in [0.1, 0.15) is 12.0 Å². The van der Waals surface area contributed by atoms with E-state index in [4.69, 9.17) is 22.1 Å². The Bertz CT molecular complexity index is 386. The Kier molecular flexibility index (Phi) is 8.54. The second-order valence-electron chi connectivity index (χ2n) is 3.69. The van der Waals surface area contributed by atoms with Crippen LogP contribution in [0, 0.1) is 6.92 Å². The van der Waals surface area contributed by atoms with Crippen molar-refractivity contribution in [2.75, 3.05) is 19.7 Å². The number of hydrogen-bond donors (Lipinski definition) is 2. The van der Waals surface area contributed by atoms with Crippen molar-refractivity contribution in [2.24, 2.45) is 5.73 Å². The van der Waals surface area contributed by atoms with Gasteiger partial charge in [-0.1, -0.05) is 11.6 Å². The number of nitrogens with two attached hydrogens (primary N) is 1. The molecule has 0 saturated carbocycles. The van der Waals surface area contributed by atoms with Crippen molar-refractivity contribution >= 4 is 29.9 Å². The predicted molar refractivity (Wildman–Crippen MR) is 75.6 cm³/mol. The minimum atomic E-state index is -0.146. The van der Waals surface area contributed by atoms with Gasteiger partial charge in [-0.05, 0) is 43.7 Å². The van der Waals surface area contributed by atoms with E-state index in [0.29, 0.717) is 23.9 Å². The monoisotopic (exact) mass is 292 g/mol. The summed E-state index contributed by atoms with van der Waals surface area (Å²) < 4.78 is 5.38. The Morgan fingerprint density at radius 3 is 2.83 bits per heavy atom. The van der Waals surface area contributed by atoms with Gasteiger partial charge < -0.3 is 15.8 Å². The van der Waals surface area contributed by atoms with E-state index in [0.717, 1.165) is 12.0 Å². The number of benzene rings is 1. The number of nitrogens with one attached hydrogen (secondary N) is 1. The van der Waals surface area contributed by atoms with Crippen molar-refractivity contribution < 1.29 is 9.53 Å². The van der Waals surface area contributed by atoms with Crippen molar-refractivity contribution in [1.82, 2.24) is 5.32 Å². The van der Waals surface area contributed by atoms with E-state index in [1.54, 1.807) is 18.2 Å². The van der Waals surface area contributed by atoms with E-state index in [2.05, 4.69) is 5.32 Å². The third-order valence-electron chi connectivity index (χ3n) is 2.20. The van der Waals surface area contributed by atoms with E-state index in [1.165, 1.54) is 0 Å². The molecule has 0 aliphatic rings. The van der Waals surface area contributed by atoms with E-state index in [9.17, 15) is 4.79 Å². The molecule has 0 aliphatic heterocycles. The first-order valence-corrected chi connectivity index (χ1v) is 5.87. The number of carbonyl (C=O) groups is 1. The maximum absolute atomic E-state index is 11.4. The number of hydrogen-bond acceptors (Lipinski definition) is 3. The number of carbonyl (C=O) groups excluding carboxylic acids is 1. The minimum absolute atomic E-state index is 0. The molecule has 0 aromatic heterocycles. The maximum atomic E-state index is 11.4. The van der Waals surface area contributed by atoms with Gasteiger partial charge in [0.15, 0.2) is 6.61 Å². The molecular weight excluding hydrogens is 275 g/mol. The van der Waals surface area contributed by atoms with Gasteiger partial charge in [-0.15, -0.1) is 12.4 Å². The molecule has 0 unspecified atom stereocenters. The average molecular weight is 293 g/mol. The van der Waals surface area contributed by atoms with E-state index in [1.807, 2.05) is 6.92 Å². The molecule has 0 heterocycles. The van der Waals surface area contributed by atoms with Crippen LogP contribution in [0.4, 0.5) is 0 Å². The summed E-state index contributed by atoms with van der Waals surface area (Å²) in [5, 5.41) is 3.37. The SMILES string of the molecule is Cc1cc(Cl)ccc1OCC(=O)NCCCN.Cl. The zero-order valence-electron chi connectivity index (χ0n) is 10.2. The van der Waals surface area contributed by atoms with Crippen LogP contribution < -0.4 is 15.8 Å². The first-order valence-electron chi connectivity index (χ1n) is 5.49. The van der Waals surface area contributed by atoms with Crippen molar-refractivity contribution in [2.45, 2.75) is 13.3 Å². The lowest BCUT2D eigenvalue weighted by Gasteiger charge is -2.09. The molecule has 3 N–H and O–H groups in total. The van der Waals surface area contributed by atoms with E-state index >= 15 is 0 Å². The molecule has 0 bridgehead atoms. The molecule has 1 aromatic rings. The maximum Gasteiger partial charge on any atom is 0.257 e. The highest BCUT2D eigenvalue weighted by Crippen LogP contribution is 2.21. The topological polar surface area (TPSA) is 64.3 Å². The Hall–Kier alpha value is -0.970. The van der Waals surface area contributed by atoms with Gasteiger partial charge in [0.05, 0.1) is 0 Å². The van der Waals surface area contributed by atoms with Crippen molar-refractivity contribution in [1.29, 1.82) is 0 Å². The zero-order chi connectivity index (χ0) is 12.7. The average Bonchev–Trinajstić information content (AvgIpc) is 2.28. The molecule has 0 spiro atoms. The summed E-state index contributed by atoms with van der Waals surface area (Å²) in [6.07, 6.45) is 0.770. The summed E-state index contributed by atoms with van der Waals surface area (Å²) in [6.45, 7) is 3.04. The summed E-state index contributed by atoms with van der Waals surface area (Å²) in [5.41, 5.74) is 6.23. The van der Waals surface area contributed by atoms with Gasteiger partial charge in [0.1, 0.15) is 5.75 Å². The van der Waals surface area contributed by atoms with Crippen LogP contribution in [0.15, 0.2) is 18.2 Å². The van der Waals surface area contributed by atoms with Crippen molar-refractivity contribution in [3.8, 4) is 5.75 Å². The molecule has 0 radical (unpaired) electrons. The van der Waals surface area contributed by atoms with Crippen LogP contribution in [0.2, 0.25) is 5.02 Å². The highest BCUT2D eigenvalue weighted by Gasteiger charge is 2.04. The van der Waals surface area contributed by atoms with Crippen LogP contribution in [0.5, 0.6) is 5.75 Å². The Morgan fingerprint density at radius 2 is 2.22 bits per heavy atom. The molecule has 4 nitrogen and oxygen atoms in total. The van der Waals surface area contributed by atoms with Crippen LogP contribution in [-0.4, -0.2) is 25.6 Å². The number of ether oxygens (including phenoxy) is 1. The van der Waals surface area contributed by atoms with Gasteiger partial charge in [0.25, 0.3) is 5.91 Å². The normalized spacial score (nSPS) is 9.50. The quantitative estimate of drug-likeness (QED) is 0.788. The van der Waals surface area contributed by atoms with Gasteiger partial charge in [0.2, 0.25) is 0 Å². The fourth-order valence-corrected chi connectivity index (χ4v) is 1.53. The van der Waals surface area contributed by atoms with Crippen LogP contribution in [0.3, 0.4) is 0 Å². The molecule has 0 atom stereocenters. The van der Waals surface area contributed by atoms with Gasteiger partial charge in [0, 0.05) is 11.6 Å². The largest absolute Gasteiger partial charge is 0.484 e. The van der Waals surface area contributed by atoms with Crippen LogP contribution >= 0.6 is 24.0 Å². The Morgan fingerprint density at radius 1 is 1.50 bits per heavy atom. The summed E-state index contributed by atoms with van der Waals surface area (Å²) >= 11 is 5.82. The van der Waals surface area contributed by atoms with Gasteiger partial charge >= 0.3 is 0 Å². The summed E-state index contributed by atoms with van der Waals surface area (Å²) in [4.78, 5) is 11.4. The van der Waals surface area contributed by atoms with Crippen molar-refractivity contribution in [3.05, 3.63) is 28.8 Å². The van der Waals surface area contributed by atoms with E-state index < -0.39 is 0 Å². The molecule has 0 fully saturated rings. The molecular formula is C12H18Cl2N2O2. The smallest absolute Gasteiger partial charge is 0.257 e. The predicted octanol–water partition coefficient (Wildman–Crippen LogP) is 1.91. The standard InChI is InChI=1S/C12H17ClN2O2.ClH/c1-9-7-10(13)3-4-11(9)17-8-12(16)15-6-2-5-14;/h3-4,7H,2,5-6,8,14H2,1H3,(H,15,16);1H. The fourth-order valence-electron chi connectivity index (χ4n) is 1.30. The van der Waals surface area contributed by atoms with Crippen LogP contribution in [0.25, 0.3) is 0 Å². The number of amides is 1. The van der Waals surface area contributed by atoms with Crippen molar-refractivity contribution in [3.63, 3.8) is 0 Å². The molecule has 6 heteroatoms. The minimum Gasteiger partial charge on any atom is -0.484 e. The zero-order valence-corrected chi connectivity index (χ0v) is 11.8. The first kappa shape index (κ1) is 17.0. The molecule has 0 aliphatic carbocycles. The molecule has 0 saturated heterocycles. The van der Waals surface area contributed by atoms with Gasteiger partial charge in [-0.25, -0.2) is 0 Å². The molecule has 1 rings (SSSR count). The lowest BCUT2D eigenvalue weighted by molar-refractivity contribution is -0.123. The third-order valence-corrected chi connectivity index (χ3v) is 2.43. The Balaban J connectivity index is 0.00000289. The second kappa shape index (κ2) is 9.03. The lowest BCUT2D eigenvalue weighted by atomic mass is 10.2. The molecule has 18 heavy (non-hydrogen) atoms. The summed E-state index contributed by atoms with van der Waals surface area (Å²) in [7, 11) is 0. The van der Waals surface area contributed by atoms with Crippen LogP contribution in [-0.2, 0) is 4.79 Å². The fraction of sp³-hybridized carbons (Fsp3) is 0.417. The number of aryl methyl sites for hydroxylation is 1. The van der Waals surface area contributed by atoms with Gasteiger partial charge in [-0.2, -0.15) is 0 Å². The highest BCUT2D eigenvalue weighted by molar-refractivity contribution is 6.30. The second-order valence-corrected chi connectivity index (χ2v) is 4.13. The highest BCUT2D eigenvalue weighted by atomic mass is 35.5. The molecule has 1 aromatic carbocycles.